The molecule has 0 rings (SSSR count). The van der Waals surface area contributed by atoms with E-state index in [9.17, 15) is 14.4 Å². The molecule has 0 bridgehead atoms. The Kier molecular flexibility index (Phi) is 50.4. The van der Waals surface area contributed by atoms with E-state index in [1.54, 1.807) is 0 Å². The fraction of sp³-hybridized carbons (Fsp3) is 0.712. The lowest BCUT2D eigenvalue weighted by molar-refractivity contribution is -0.167. The van der Waals surface area contributed by atoms with Crippen LogP contribution >= 0.6 is 0 Å². The molecule has 0 aliphatic heterocycles. The van der Waals surface area contributed by atoms with E-state index in [1.165, 1.54) is 103 Å². The fourth-order valence-corrected chi connectivity index (χ4v) is 7.27. The smallest absolute Gasteiger partial charge is 0.306 e. The standard InChI is InChI=1S/C59H100O6/c1-4-7-10-13-16-19-22-24-26-28-29-31-32-34-37-40-43-46-49-52-58(61)64-55-56(54-63-57(60)51-48-45-42-39-36-21-18-15-12-9-6-3)65-59(62)53-50-47-44-41-38-35-33-30-27-25-23-20-17-14-11-8-5-2/h7,10,15-20,24-27,29,31,56H,4-6,8-9,11-14,21-23,28,30,32-55H2,1-3H3/b10-7-,18-15-,19-16-,20-17-,26-24-,27-25-,31-29-. The summed E-state index contributed by atoms with van der Waals surface area (Å²) in [5.41, 5.74) is 0. The topological polar surface area (TPSA) is 78.9 Å². The summed E-state index contributed by atoms with van der Waals surface area (Å²) in [5, 5.41) is 0. The number of carbonyl (C=O) groups is 3. The highest BCUT2D eigenvalue weighted by atomic mass is 16.6. The van der Waals surface area contributed by atoms with Gasteiger partial charge in [0.1, 0.15) is 13.2 Å². The Morgan fingerprint density at radius 2 is 0.615 bits per heavy atom. The maximum atomic E-state index is 12.8. The third kappa shape index (κ3) is 51.4. The van der Waals surface area contributed by atoms with Crippen molar-refractivity contribution in [3.8, 4) is 0 Å². The Balaban J connectivity index is 4.40. The number of rotatable bonds is 48. The molecule has 0 aliphatic carbocycles. The van der Waals surface area contributed by atoms with Gasteiger partial charge >= 0.3 is 17.9 Å². The molecule has 65 heavy (non-hydrogen) atoms. The molecule has 0 aromatic heterocycles. The third-order valence-electron chi connectivity index (χ3n) is 11.4. The zero-order valence-electron chi connectivity index (χ0n) is 42.5. The number of carbonyl (C=O) groups excluding carboxylic acids is 3. The Morgan fingerprint density at radius 1 is 0.323 bits per heavy atom. The summed E-state index contributed by atoms with van der Waals surface area (Å²) in [7, 11) is 0. The van der Waals surface area contributed by atoms with Gasteiger partial charge in [0.15, 0.2) is 6.10 Å². The predicted molar refractivity (Wildman–Crippen MR) is 279 cm³/mol. The molecule has 0 aliphatic rings. The minimum absolute atomic E-state index is 0.0892. The van der Waals surface area contributed by atoms with Crippen LogP contribution in [0.3, 0.4) is 0 Å². The van der Waals surface area contributed by atoms with Gasteiger partial charge < -0.3 is 14.2 Å². The van der Waals surface area contributed by atoms with Crippen molar-refractivity contribution in [1.82, 2.24) is 0 Å². The summed E-state index contributed by atoms with van der Waals surface area (Å²) in [4.78, 5) is 38.0. The van der Waals surface area contributed by atoms with Crippen molar-refractivity contribution in [3.63, 3.8) is 0 Å². The Labute approximate surface area is 401 Å². The highest BCUT2D eigenvalue weighted by Crippen LogP contribution is 2.14. The zero-order valence-corrected chi connectivity index (χ0v) is 42.5. The van der Waals surface area contributed by atoms with Crippen LogP contribution < -0.4 is 0 Å². The summed E-state index contributed by atoms with van der Waals surface area (Å²) in [6, 6.07) is 0. The van der Waals surface area contributed by atoms with Crippen LogP contribution in [-0.4, -0.2) is 37.2 Å². The van der Waals surface area contributed by atoms with Gasteiger partial charge in [-0.05, 0) is 109 Å². The number of allylic oxidation sites excluding steroid dienone is 14. The van der Waals surface area contributed by atoms with Gasteiger partial charge in [-0.15, -0.1) is 0 Å². The van der Waals surface area contributed by atoms with Gasteiger partial charge in [0, 0.05) is 19.3 Å². The molecular formula is C59H100O6. The van der Waals surface area contributed by atoms with Gasteiger partial charge in [0.2, 0.25) is 0 Å². The van der Waals surface area contributed by atoms with Crippen LogP contribution in [0.2, 0.25) is 0 Å². The van der Waals surface area contributed by atoms with Crippen LogP contribution in [0.5, 0.6) is 0 Å². The highest BCUT2D eigenvalue weighted by molar-refractivity contribution is 5.71. The first-order valence-electron chi connectivity index (χ1n) is 27.1. The minimum atomic E-state index is -0.790. The van der Waals surface area contributed by atoms with Gasteiger partial charge in [-0.3, -0.25) is 14.4 Å². The fourth-order valence-electron chi connectivity index (χ4n) is 7.27. The first-order valence-corrected chi connectivity index (χ1v) is 27.1. The molecule has 1 atom stereocenters. The second-order valence-electron chi connectivity index (χ2n) is 17.7. The quantitative estimate of drug-likeness (QED) is 0.0262. The number of ether oxygens (including phenoxy) is 3. The summed E-state index contributed by atoms with van der Waals surface area (Å²) in [5.74, 6) is -0.919. The maximum absolute atomic E-state index is 12.8. The summed E-state index contributed by atoms with van der Waals surface area (Å²) < 4.78 is 16.8. The van der Waals surface area contributed by atoms with Crippen LogP contribution in [0.1, 0.15) is 252 Å². The van der Waals surface area contributed by atoms with Gasteiger partial charge in [0.05, 0.1) is 0 Å². The summed E-state index contributed by atoms with van der Waals surface area (Å²) in [6.07, 6.45) is 68.5. The highest BCUT2D eigenvalue weighted by Gasteiger charge is 2.19. The monoisotopic (exact) mass is 905 g/mol. The van der Waals surface area contributed by atoms with Gasteiger partial charge in [-0.1, -0.05) is 209 Å². The van der Waals surface area contributed by atoms with E-state index >= 15 is 0 Å². The van der Waals surface area contributed by atoms with Crippen molar-refractivity contribution >= 4 is 17.9 Å². The molecule has 0 saturated heterocycles. The van der Waals surface area contributed by atoms with Crippen molar-refractivity contribution in [2.24, 2.45) is 0 Å². The van der Waals surface area contributed by atoms with Crippen molar-refractivity contribution in [3.05, 3.63) is 85.1 Å². The second kappa shape index (κ2) is 53.2. The van der Waals surface area contributed by atoms with Gasteiger partial charge in [0.25, 0.3) is 0 Å². The average Bonchev–Trinajstić information content (AvgIpc) is 3.30. The zero-order chi connectivity index (χ0) is 47.2. The number of unbranched alkanes of at least 4 members (excludes halogenated alkanes) is 23. The van der Waals surface area contributed by atoms with E-state index < -0.39 is 6.10 Å². The average molecular weight is 905 g/mol. The first kappa shape index (κ1) is 61.6. The molecule has 0 fully saturated rings. The van der Waals surface area contributed by atoms with E-state index in [4.69, 9.17) is 14.2 Å². The van der Waals surface area contributed by atoms with E-state index in [-0.39, 0.29) is 31.1 Å². The lowest BCUT2D eigenvalue weighted by Gasteiger charge is -2.18. The SMILES string of the molecule is CC/C=C\C/C=C\C/C=C\C/C=C\CCCCCCCCC(=O)OCC(COC(=O)CCCCCCC/C=C\CCCC)OC(=O)CCCCCCCCC/C=C\C/C=C\CCCCC. The van der Waals surface area contributed by atoms with E-state index in [1.807, 2.05) is 0 Å². The molecule has 0 amide bonds. The first-order chi connectivity index (χ1) is 32.0. The van der Waals surface area contributed by atoms with E-state index in [0.717, 1.165) is 109 Å². The molecule has 1 unspecified atom stereocenters. The molecule has 0 spiro atoms. The summed E-state index contributed by atoms with van der Waals surface area (Å²) in [6.45, 7) is 6.44. The van der Waals surface area contributed by atoms with Crippen molar-refractivity contribution < 1.29 is 28.6 Å². The second-order valence-corrected chi connectivity index (χ2v) is 17.7. The van der Waals surface area contributed by atoms with Gasteiger partial charge in [-0.2, -0.15) is 0 Å². The number of esters is 3. The molecule has 372 valence electrons. The van der Waals surface area contributed by atoms with E-state index in [2.05, 4.69) is 106 Å². The molecule has 0 heterocycles. The van der Waals surface area contributed by atoms with Gasteiger partial charge in [-0.25, -0.2) is 0 Å². The number of hydrogen-bond acceptors (Lipinski definition) is 6. The molecule has 0 aromatic rings. The largest absolute Gasteiger partial charge is 0.462 e. The summed E-state index contributed by atoms with van der Waals surface area (Å²) >= 11 is 0. The van der Waals surface area contributed by atoms with Crippen molar-refractivity contribution in [2.75, 3.05) is 13.2 Å². The van der Waals surface area contributed by atoms with Crippen LogP contribution in [0.25, 0.3) is 0 Å². The van der Waals surface area contributed by atoms with E-state index in [0.29, 0.717) is 19.3 Å². The Hall–Kier alpha value is -3.41. The Morgan fingerprint density at radius 3 is 1.00 bits per heavy atom. The molecule has 6 nitrogen and oxygen atoms in total. The third-order valence-corrected chi connectivity index (χ3v) is 11.4. The maximum Gasteiger partial charge on any atom is 0.306 e. The van der Waals surface area contributed by atoms with Crippen molar-refractivity contribution in [1.29, 1.82) is 0 Å². The normalized spacial score (nSPS) is 12.7. The molecule has 0 saturated carbocycles. The number of hydrogen-bond donors (Lipinski definition) is 0. The lowest BCUT2D eigenvalue weighted by atomic mass is 10.1. The van der Waals surface area contributed by atoms with Crippen molar-refractivity contribution in [2.45, 2.75) is 258 Å². The molecule has 6 heteroatoms. The molecule has 0 aromatic carbocycles. The van der Waals surface area contributed by atoms with Crippen LogP contribution in [0, 0.1) is 0 Å². The molecule has 0 radical (unpaired) electrons. The van der Waals surface area contributed by atoms with Crippen LogP contribution in [-0.2, 0) is 28.6 Å². The van der Waals surface area contributed by atoms with Crippen LogP contribution in [0.15, 0.2) is 85.1 Å². The Bertz CT molecular complexity index is 1270. The predicted octanol–water partition coefficient (Wildman–Crippen LogP) is 18.0. The van der Waals surface area contributed by atoms with Crippen LogP contribution in [0.4, 0.5) is 0 Å². The molecule has 0 N–H and O–H groups in total. The minimum Gasteiger partial charge on any atom is -0.462 e. The lowest BCUT2D eigenvalue weighted by Crippen LogP contribution is -2.30. The molecular weight excluding hydrogens is 805 g/mol.